The number of rotatable bonds is 2. The minimum Gasteiger partial charge on any atom is -0.369 e. The van der Waals surface area contributed by atoms with Crippen molar-refractivity contribution in [2.24, 2.45) is 0 Å². The first-order valence-corrected chi connectivity index (χ1v) is 6.95. The summed E-state index contributed by atoms with van der Waals surface area (Å²) in [7, 11) is 0. The van der Waals surface area contributed by atoms with E-state index >= 15 is 0 Å². The summed E-state index contributed by atoms with van der Waals surface area (Å²) in [5, 5.41) is 0.580. The summed E-state index contributed by atoms with van der Waals surface area (Å²) in [6.45, 7) is 0.813. The third-order valence-corrected chi connectivity index (χ3v) is 4.15. The summed E-state index contributed by atoms with van der Waals surface area (Å²) in [6.07, 6.45) is 2.72. The maximum Gasteiger partial charge on any atom is 0.202 e. The first-order valence-electron chi connectivity index (χ1n) is 6.57. The molecular formula is C15H13ClN4. The van der Waals surface area contributed by atoms with Crippen LogP contribution in [0.15, 0.2) is 36.5 Å². The molecule has 1 aromatic carbocycles. The van der Waals surface area contributed by atoms with E-state index in [4.69, 9.17) is 17.3 Å². The average Bonchev–Trinajstić information content (AvgIpc) is 2.71. The highest BCUT2D eigenvalue weighted by Gasteiger charge is 2.27. The number of hydrogen-bond acceptors (Lipinski definition) is 3. The van der Waals surface area contributed by atoms with Gasteiger partial charge >= 0.3 is 0 Å². The molecule has 20 heavy (non-hydrogen) atoms. The molecule has 1 aliphatic rings. The fourth-order valence-electron chi connectivity index (χ4n) is 2.93. The highest BCUT2D eigenvalue weighted by atomic mass is 35.5. The van der Waals surface area contributed by atoms with Crippen LogP contribution in [-0.2, 0) is 13.0 Å². The lowest BCUT2D eigenvalue weighted by atomic mass is 9.77. The Morgan fingerprint density at radius 2 is 2.20 bits per heavy atom. The number of fused-ring (bicyclic) bond motifs is 2. The van der Waals surface area contributed by atoms with Crippen molar-refractivity contribution in [2.45, 2.75) is 18.9 Å². The van der Waals surface area contributed by atoms with Crippen LogP contribution < -0.4 is 5.73 Å². The van der Waals surface area contributed by atoms with Crippen molar-refractivity contribution in [3.8, 4) is 0 Å². The van der Waals surface area contributed by atoms with Crippen molar-refractivity contribution in [3.63, 3.8) is 0 Å². The number of imidazole rings is 1. The zero-order valence-corrected chi connectivity index (χ0v) is 11.5. The van der Waals surface area contributed by atoms with E-state index in [1.54, 1.807) is 12.3 Å². The summed E-state index contributed by atoms with van der Waals surface area (Å²) in [6, 6.07) is 10.3. The zero-order valence-electron chi connectivity index (χ0n) is 10.8. The van der Waals surface area contributed by atoms with Crippen molar-refractivity contribution < 1.29 is 0 Å². The summed E-state index contributed by atoms with van der Waals surface area (Å²) in [5.41, 5.74) is 10.4. The molecule has 0 fully saturated rings. The molecule has 100 valence electrons. The Labute approximate surface area is 121 Å². The average molecular weight is 285 g/mol. The van der Waals surface area contributed by atoms with Gasteiger partial charge in [-0.2, -0.15) is 0 Å². The van der Waals surface area contributed by atoms with Crippen LogP contribution in [0, 0.1) is 0 Å². The molecule has 5 heteroatoms. The molecule has 0 bridgehead atoms. The van der Waals surface area contributed by atoms with Crippen molar-refractivity contribution in [2.75, 3.05) is 5.73 Å². The van der Waals surface area contributed by atoms with Gasteiger partial charge in [-0.25, -0.2) is 9.97 Å². The van der Waals surface area contributed by atoms with Gasteiger partial charge in [0.05, 0.1) is 5.02 Å². The van der Waals surface area contributed by atoms with Crippen molar-refractivity contribution in [1.29, 1.82) is 0 Å². The Morgan fingerprint density at radius 1 is 1.35 bits per heavy atom. The standard InChI is InChI=1S/C15H13ClN4/c16-11-6-13-14(18-7-11)20(15(17)19-13)8-10-5-9-3-1-2-4-12(9)10/h1-4,6-7,10H,5,8H2,(H2,17,19). The molecule has 2 N–H and O–H groups in total. The molecule has 0 spiro atoms. The topological polar surface area (TPSA) is 56.7 Å². The molecule has 0 radical (unpaired) electrons. The summed E-state index contributed by atoms with van der Waals surface area (Å²) in [5.74, 6) is 0.988. The molecule has 4 nitrogen and oxygen atoms in total. The Bertz CT molecular complexity index is 809. The van der Waals surface area contributed by atoms with Crippen LogP contribution in [0.3, 0.4) is 0 Å². The number of anilines is 1. The van der Waals surface area contributed by atoms with Crippen LogP contribution in [0.25, 0.3) is 11.2 Å². The van der Waals surface area contributed by atoms with Crippen LogP contribution >= 0.6 is 11.6 Å². The normalized spacial score (nSPS) is 16.9. The lowest BCUT2D eigenvalue weighted by molar-refractivity contribution is 0.519. The van der Waals surface area contributed by atoms with Gasteiger partial charge < -0.3 is 5.73 Å². The number of halogens is 1. The molecule has 0 aliphatic heterocycles. The van der Waals surface area contributed by atoms with Gasteiger partial charge in [-0.3, -0.25) is 4.57 Å². The van der Waals surface area contributed by atoms with Gasteiger partial charge in [0.25, 0.3) is 0 Å². The zero-order chi connectivity index (χ0) is 13.7. The Morgan fingerprint density at radius 3 is 3.05 bits per heavy atom. The number of hydrogen-bond donors (Lipinski definition) is 1. The highest BCUT2D eigenvalue weighted by molar-refractivity contribution is 6.31. The smallest absolute Gasteiger partial charge is 0.202 e. The van der Waals surface area contributed by atoms with E-state index in [0.29, 0.717) is 16.9 Å². The van der Waals surface area contributed by atoms with Gasteiger partial charge in [-0.15, -0.1) is 0 Å². The maximum absolute atomic E-state index is 6.02. The first kappa shape index (κ1) is 11.7. The monoisotopic (exact) mass is 284 g/mol. The number of pyridine rings is 1. The van der Waals surface area contributed by atoms with Gasteiger partial charge in [-0.1, -0.05) is 35.9 Å². The molecule has 4 rings (SSSR count). The SMILES string of the molecule is Nc1nc2cc(Cl)cnc2n1CC1Cc2ccccc21. The Hall–Kier alpha value is -2.07. The van der Waals surface area contributed by atoms with E-state index in [9.17, 15) is 0 Å². The molecule has 0 amide bonds. The predicted molar refractivity (Wildman–Crippen MR) is 79.8 cm³/mol. The fraction of sp³-hybridized carbons (Fsp3) is 0.200. The minimum atomic E-state index is 0.489. The second-order valence-corrected chi connectivity index (χ2v) is 5.61. The number of nitrogens with zero attached hydrogens (tertiary/aromatic N) is 3. The summed E-state index contributed by atoms with van der Waals surface area (Å²) < 4.78 is 1.98. The first-order chi connectivity index (χ1) is 9.72. The molecule has 2 aromatic heterocycles. The molecule has 2 heterocycles. The van der Waals surface area contributed by atoms with Gasteiger partial charge in [0.15, 0.2) is 5.65 Å². The molecule has 0 saturated carbocycles. The molecule has 1 aliphatic carbocycles. The summed E-state index contributed by atoms with van der Waals surface area (Å²) >= 11 is 5.94. The van der Waals surface area contributed by atoms with E-state index in [1.807, 2.05) is 4.57 Å². The van der Waals surface area contributed by atoms with Crippen molar-refractivity contribution in [3.05, 3.63) is 52.7 Å². The second kappa shape index (κ2) is 4.21. The van der Waals surface area contributed by atoms with Crippen LogP contribution in [0.2, 0.25) is 5.02 Å². The van der Waals surface area contributed by atoms with Crippen LogP contribution in [0.1, 0.15) is 17.0 Å². The largest absolute Gasteiger partial charge is 0.369 e. The third kappa shape index (κ3) is 1.68. The molecule has 3 aromatic rings. The molecule has 1 unspecified atom stereocenters. The number of nitrogen functional groups attached to an aromatic ring is 1. The third-order valence-electron chi connectivity index (χ3n) is 3.95. The quantitative estimate of drug-likeness (QED) is 0.787. The number of aromatic nitrogens is 3. The minimum absolute atomic E-state index is 0.489. The van der Waals surface area contributed by atoms with Crippen molar-refractivity contribution in [1.82, 2.24) is 14.5 Å². The molecule has 0 saturated heterocycles. The van der Waals surface area contributed by atoms with Gasteiger partial charge in [0.2, 0.25) is 5.95 Å². The highest BCUT2D eigenvalue weighted by Crippen LogP contribution is 2.37. The van der Waals surface area contributed by atoms with Crippen molar-refractivity contribution >= 4 is 28.7 Å². The van der Waals surface area contributed by atoms with Crippen LogP contribution in [0.5, 0.6) is 0 Å². The molecule has 1 atom stereocenters. The predicted octanol–water partition coefficient (Wildman–Crippen LogP) is 3.01. The Kier molecular flexibility index (Phi) is 2.47. The molecular weight excluding hydrogens is 272 g/mol. The summed E-state index contributed by atoms with van der Waals surface area (Å²) in [4.78, 5) is 8.69. The van der Waals surface area contributed by atoms with E-state index in [2.05, 4.69) is 34.2 Å². The lowest BCUT2D eigenvalue weighted by Gasteiger charge is -2.30. The number of nitrogens with two attached hydrogens (primary N) is 1. The van der Waals surface area contributed by atoms with Crippen LogP contribution in [0.4, 0.5) is 5.95 Å². The van der Waals surface area contributed by atoms with E-state index in [1.165, 1.54) is 11.1 Å². The van der Waals surface area contributed by atoms with E-state index < -0.39 is 0 Å². The van der Waals surface area contributed by atoms with Crippen LogP contribution in [-0.4, -0.2) is 14.5 Å². The van der Waals surface area contributed by atoms with E-state index in [-0.39, 0.29) is 0 Å². The maximum atomic E-state index is 6.02. The van der Waals surface area contributed by atoms with Gasteiger partial charge in [-0.05, 0) is 23.6 Å². The fourth-order valence-corrected chi connectivity index (χ4v) is 3.08. The number of benzene rings is 1. The second-order valence-electron chi connectivity index (χ2n) is 5.18. The lowest BCUT2D eigenvalue weighted by Crippen LogP contribution is -2.22. The van der Waals surface area contributed by atoms with Gasteiger partial charge in [0.1, 0.15) is 5.52 Å². The van der Waals surface area contributed by atoms with Gasteiger partial charge in [0, 0.05) is 18.7 Å². The van der Waals surface area contributed by atoms with E-state index in [0.717, 1.165) is 24.1 Å². The Balaban J connectivity index is 1.72.